The quantitative estimate of drug-likeness (QED) is 0.623. The molecule has 174 valence electrons. The Labute approximate surface area is 197 Å². The number of aromatic nitrogens is 4. The first-order valence-corrected chi connectivity index (χ1v) is 11.9. The van der Waals surface area contributed by atoms with E-state index in [-0.39, 0.29) is 36.0 Å². The smallest absolute Gasteiger partial charge is 0.283 e. The molecule has 1 aliphatic rings. The molecule has 1 amide bonds. The normalized spacial score (nSPS) is 24.7. The van der Waals surface area contributed by atoms with Gasteiger partial charge in [-0.05, 0) is 52.4 Å². The van der Waals surface area contributed by atoms with E-state index in [0.717, 1.165) is 16.8 Å². The minimum atomic E-state index is -0.342. The van der Waals surface area contributed by atoms with E-state index < -0.39 is 0 Å². The van der Waals surface area contributed by atoms with Gasteiger partial charge in [0.05, 0.1) is 36.0 Å². The van der Waals surface area contributed by atoms with Crippen LogP contribution in [0.3, 0.4) is 0 Å². The van der Waals surface area contributed by atoms with E-state index in [2.05, 4.69) is 76.2 Å². The van der Waals surface area contributed by atoms with E-state index in [1.54, 1.807) is 18.6 Å². The molecule has 3 rings (SSSR count). The van der Waals surface area contributed by atoms with Gasteiger partial charge in [0.2, 0.25) is 5.91 Å². The lowest BCUT2D eigenvalue weighted by molar-refractivity contribution is -0.122. The summed E-state index contributed by atoms with van der Waals surface area (Å²) in [6.45, 7) is 13.5. The Morgan fingerprint density at radius 3 is 2.59 bits per heavy atom. The van der Waals surface area contributed by atoms with Gasteiger partial charge in [0.1, 0.15) is 11.0 Å². The van der Waals surface area contributed by atoms with Gasteiger partial charge in [0, 0.05) is 12.2 Å². The first kappa shape index (κ1) is 24.4. The number of aryl methyl sites for hydroxylation is 1. The Balaban J connectivity index is 1.65. The highest BCUT2D eigenvalue weighted by Gasteiger charge is 2.43. The molecule has 0 bridgehead atoms. The summed E-state index contributed by atoms with van der Waals surface area (Å²) in [5.41, 5.74) is 2.05. The molecule has 0 unspecified atom stereocenters. The van der Waals surface area contributed by atoms with E-state index in [1.807, 2.05) is 6.92 Å². The van der Waals surface area contributed by atoms with Crippen LogP contribution in [-0.2, 0) is 17.9 Å². The van der Waals surface area contributed by atoms with Crippen LogP contribution in [0, 0.1) is 30.1 Å². The van der Waals surface area contributed by atoms with Crippen molar-refractivity contribution in [3.8, 4) is 0 Å². The van der Waals surface area contributed by atoms with Crippen molar-refractivity contribution in [2.24, 2.45) is 23.2 Å². The van der Waals surface area contributed by atoms with Crippen LogP contribution in [0.4, 0.5) is 5.69 Å². The van der Waals surface area contributed by atoms with Crippen LogP contribution in [0.15, 0.2) is 27.9 Å². The van der Waals surface area contributed by atoms with E-state index in [4.69, 9.17) is 0 Å². The maximum Gasteiger partial charge on any atom is 0.283 e. The number of carbonyl (C=O) groups is 1. The first-order valence-electron chi connectivity index (χ1n) is 11.1. The summed E-state index contributed by atoms with van der Waals surface area (Å²) in [6.07, 6.45) is 5.91. The lowest BCUT2D eigenvalue weighted by Crippen LogP contribution is -2.48. The Bertz CT molecular complexity index is 1020. The molecule has 0 spiro atoms. The number of anilines is 1. The van der Waals surface area contributed by atoms with E-state index >= 15 is 0 Å². The molecule has 2 aromatic heterocycles. The third-order valence-electron chi connectivity index (χ3n) is 7.39. The third-order valence-corrected chi connectivity index (χ3v) is 8.16. The average molecular weight is 505 g/mol. The van der Waals surface area contributed by atoms with Crippen molar-refractivity contribution in [1.82, 2.24) is 25.1 Å². The molecule has 4 atom stereocenters. The predicted octanol–water partition coefficient (Wildman–Crippen LogP) is 3.54. The summed E-state index contributed by atoms with van der Waals surface area (Å²) in [6, 6.07) is 0.250. The molecule has 1 saturated carbocycles. The first-order chi connectivity index (χ1) is 15.0. The maximum absolute atomic E-state index is 12.8. The lowest BCUT2D eigenvalue weighted by atomic mass is 9.58. The van der Waals surface area contributed by atoms with Gasteiger partial charge in [0.15, 0.2) is 0 Å². The van der Waals surface area contributed by atoms with Crippen molar-refractivity contribution in [3.05, 3.63) is 44.8 Å². The highest BCUT2D eigenvalue weighted by molar-refractivity contribution is 9.10. The molecule has 8 nitrogen and oxygen atoms in total. The number of nitrogens with zero attached hydrogens (tertiary/aromatic N) is 4. The minimum Gasteiger partial charge on any atom is -0.380 e. The van der Waals surface area contributed by atoms with Gasteiger partial charge in [-0.15, -0.1) is 0 Å². The van der Waals surface area contributed by atoms with Gasteiger partial charge >= 0.3 is 0 Å². The van der Waals surface area contributed by atoms with Crippen molar-refractivity contribution in [2.45, 2.75) is 67.1 Å². The van der Waals surface area contributed by atoms with Gasteiger partial charge in [-0.1, -0.05) is 34.6 Å². The zero-order valence-corrected chi connectivity index (χ0v) is 21.2. The number of hydrogen-bond donors (Lipinski definition) is 2. The highest BCUT2D eigenvalue weighted by atomic mass is 79.9. The molecule has 1 fully saturated rings. The highest BCUT2D eigenvalue weighted by Crippen LogP contribution is 2.48. The number of carbonyl (C=O) groups excluding carboxylic acids is 1. The number of rotatable bonds is 6. The van der Waals surface area contributed by atoms with Crippen molar-refractivity contribution in [3.63, 3.8) is 0 Å². The zero-order valence-electron chi connectivity index (χ0n) is 19.6. The number of hydrogen-bond acceptors (Lipinski definition) is 6. The van der Waals surface area contributed by atoms with Crippen molar-refractivity contribution < 1.29 is 4.79 Å². The fourth-order valence-electron chi connectivity index (χ4n) is 4.33. The second-order valence-electron chi connectivity index (χ2n) is 9.62. The van der Waals surface area contributed by atoms with Crippen molar-refractivity contribution in [2.75, 3.05) is 5.32 Å². The van der Waals surface area contributed by atoms with Crippen LogP contribution < -0.4 is 16.2 Å². The van der Waals surface area contributed by atoms with Gasteiger partial charge < -0.3 is 10.6 Å². The Morgan fingerprint density at radius 2 is 1.94 bits per heavy atom. The monoisotopic (exact) mass is 504 g/mol. The summed E-state index contributed by atoms with van der Waals surface area (Å²) in [7, 11) is 0. The molecule has 0 aliphatic heterocycles. The van der Waals surface area contributed by atoms with Gasteiger partial charge in [0.25, 0.3) is 5.56 Å². The fraction of sp³-hybridized carbons (Fsp3) is 0.609. The molecule has 0 saturated heterocycles. The van der Waals surface area contributed by atoms with Crippen molar-refractivity contribution >= 4 is 27.5 Å². The maximum atomic E-state index is 12.8. The average Bonchev–Trinajstić information content (AvgIpc) is 2.75. The summed E-state index contributed by atoms with van der Waals surface area (Å²) in [4.78, 5) is 33.5. The second-order valence-corrected chi connectivity index (χ2v) is 10.4. The number of halogens is 1. The van der Waals surface area contributed by atoms with E-state index in [1.165, 1.54) is 0 Å². The molecule has 32 heavy (non-hydrogen) atoms. The topological polar surface area (TPSA) is 102 Å². The minimum absolute atomic E-state index is 0.168. The van der Waals surface area contributed by atoms with E-state index in [0.29, 0.717) is 33.6 Å². The molecule has 0 radical (unpaired) electrons. The third kappa shape index (κ3) is 5.19. The van der Waals surface area contributed by atoms with E-state index in [9.17, 15) is 9.59 Å². The largest absolute Gasteiger partial charge is 0.380 e. The van der Waals surface area contributed by atoms with Gasteiger partial charge in [-0.3, -0.25) is 19.6 Å². The second kappa shape index (κ2) is 9.68. The molecule has 0 aromatic carbocycles. The standard InChI is InChI=1S/C23H33BrN6O2/c1-13-7-18(15(3)16(4)23(13,5)6)29-19-11-28-30(22(32)21(19)24)12-20(31)27-10-17-9-25-14(2)8-26-17/h8-9,11,13,15-16,18,29H,7,10,12H2,1-6H3,(H,27,31)/t13-,15+,16+,18+/m0/s1. The number of amides is 1. The molecule has 2 N–H and O–H groups in total. The van der Waals surface area contributed by atoms with Crippen LogP contribution in [0.25, 0.3) is 0 Å². The van der Waals surface area contributed by atoms with Crippen LogP contribution in [0.1, 0.15) is 52.4 Å². The predicted molar refractivity (Wildman–Crippen MR) is 128 cm³/mol. The molecule has 2 aromatic rings. The Morgan fingerprint density at radius 1 is 1.22 bits per heavy atom. The van der Waals surface area contributed by atoms with Crippen LogP contribution in [0.2, 0.25) is 0 Å². The molecular weight excluding hydrogens is 472 g/mol. The Hall–Kier alpha value is -2.29. The Kier molecular flexibility index (Phi) is 7.37. The number of nitrogens with one attached hydrogen (secondary N) is 2. The van der Waals surface area contributed by atoms with Gasteiger partial charge in [-0.25, -0.2) is 4.68 Å². The molecule has 1 aliphatic carbocycles. The van der Waals surface area contributed by atoms with Crippen LogP contribution >= 0.6 is 15.9 Å². The SMILES string of the molecule is Cc1cnc(CNC(=O)Cn2ncc(N[C@@H]3C[C@H](C)C(C)(C)[C@H](C)[C@H]3C)c(Br)c2=O)cn1. The summed E-state index contributed by atoms with van der Waals surface area (Å²) < 4.78 is 1.55. The summed E-state index contributed by atoms with van der Waals surface area (Å²) in [5.74, 6) is 1.23. The molecule has 2 heterocycles. The van der Waals surface area contributed by atoms with Crippen molar-refractivity contribution in [1.29, 1.82) is 0 Å². The molecule has 9 heteroatoms. The summed E-state index contributed by atoms with van der Waals surface area (Å²) in [5, 5.41) is 10.5. The van der Waals surface area contributed by atoms with Gasteiger partial charge in [-0.2, -0.15) is 5.10 Å². The van der Waals surface area contributed by atoms with Crippen LogP contribution in [0.5, 0.6) is 0 Å². The summed E-state index contributed by atoms with van der Waals surface area (Å²) >= 11 is 3.42. The fourth-order valence-corrected chi connectivity index (χ4v) is 4.76. The lowest BCUT2D eigenvalue weighted by Gasteiger charge is -2.50. The van der Waals surface area contributed by atoms with Crippen LogP contribution in [-0.4, -0.2) is 31.7 Å². The zero-order chi connectivity index (χ0) is 23.6. The molecular formula is C23H33BrN6O2.